The lowest BCUT2D eigenvalue weighted by molar-refractivity contribution is 0.0420. The van der Waals surface area contributed by atoms with Gasteiger partial charge in [-0.05, 0) is 35.0 Å². The van der Waals surface area contributed by atoms with Crippen molar-refractivity contribution >= 4 is 45.2 Å². The van der Waals surface area contributed by atoms with Crippen LogP contribution in [0.15, 0.2) is 72.8 Å². The number of imide groups is 2. The van der Waals surface area contributed by atoms with Gasteiger partial charge in [-0.25, -0.2) is 0 Å². The summed E-state index contributed by atoms with van der Waals surface area (Å²) in [6.07, 6.45) is 0. The summed E-state index contributed by atoms with van der Waals surface area (Å²) in [5.74, 6) is -2.09. The first kappa shape index (κ1) is 17.5. The number of hydrogen-bond donors (Lipinski definition) is 0. The summed E-state index contributed by atoms with van der Waals surface area (Å²) < 4.78 is 0. The van der Waals surface area contributed by atoms with Crippen molar-refractivity contribution < 1.29 is 19.2 Å². The summed E-state index contributed by atoms with van der Waals surface area (Å²) in [7, 11) is 0. The lowest BCUT2D eigenvalue weighted by atomic mass is 9.93. The first-order valence-electron chi connectivity index (χ1n) is 9.82. The molecule has 2 aliphatic rings. The Labute approximate surface area is 176 Å². The summed E-state index contributed by atoms with van der Waals surface area (Å²) in [6, 6.07) is 21.0. The molecule has 0 spiro atoms. The maximum atomic E-state index is 13.2. The highest BCUT2D eigenvalue weighted by Crippen LogP contribution is 2.33. The van der Waals surface area contributed by atoms with Crippen LogP contribution in [0.1, 0.15) is 41.4 Å². The lowest BCUT2D eigenvalue weighted by Crippen LogP contribution is -2.51. The van der Waals surface area contributed by atoms with E-state index < -0.39 is 30.3 Å². The highest BCUT2D eigenvalue weighted by Gasteiger charge is 2.39. The minimum atomic E-state index is -0.521. The standard InChI is InChI=1S/C25H14N2O4/c28-22-16-9-1-5-14-6-2-10-17(20(14)16)23(29)26(22)13-27-24(30)18-11-3-7-15-8-4-12-19(21(15)18)25(27)31/h1-12H,13H2. The molecule has 4 amide bonds. The maximum absolute atomic E-state index is 13.2. The normalized spacial score (nSPS) is 15.4. The number of carbonyl (C=O) groups excluding carboxylic acids is 4. The fraction of sp³-hybridized carbons (Fsp3) is 0.0400. The van der Waals surface area contributed by atoms with Crippen LogP contribution in [0.25, 0.3) is 21.5 Å². The molecule has 31 heavy (non-hydrogen) atoms. The van der Waals surface area contributed by atoms with Crippen LogP contribution in [-0.2, 0) is 0 Å². The van der Waals surface area contributed by atoms with Gasteiger partial charge in [0, 0.05) is 33.0 Å². The Bertz CT molecular complexity index is 1290. The number of rotatable bonds is 2. The number of nitrogens with zero attached hydrogens (tertiary/aromatic N) is 2. The van der Waals surface area contributed by atoms with Crippen LogP contribution in [0.5, 0.6) is 0 Å². The number of amides is 4. The van der Waals surface area contributed by atoms with Gasteiger partial charge in [0.1, 0.15) is 6.67 Å². The molecule has 0 fully saturated rings. The smallest absolute Gasteiger partial charge is 0.262 e. The molecule has 4 aromatic rings. The SMILES string of the molecule is O=C1c2cccc3cccc(c23)C(=O)N1CN1C(=O)c2cccc3cccc(c23)C1=O. The van der Waals surface area contributed by atoms with Crippen LogP contribution < -0.4 is 0 Å². The topological polar surface area (TPSA) is 74.8 Å². The van der Waals surface area contributed by atoms with Gasteiger partial charge in [0.05, 0.1) is 0 Å². The fourth-order valence-electron chi connectivity index (χ4n) is 4.56. The zero-order valence-corrected chi connectivity index (χ0v) is 16.2. The van der Waals surface area contributed by atoms with Crippen molar-refractivity contribution in [3.05, 3.63) is 95.1 Å². The Morgan fingerprint density at radius 2 is 0.742 bits per heavy atom. The molecular formula is C25H14N2O4. The molecule has 0 unspecified atom stereocenters. The molecule has 2 heterocycles. The van der Waals surface area contributed by atoms with Crippen LogP contribution in [-0.4, -0.2) is 40.1 Å². The predicted octanol–water partition coefficient (Wildman–Crippen LogP) is 3.84. The summed E-state index contributed by atoms with van der Waals surface area (Å²) in [5.41, 5.74) is 1.53. The monoisotopic (exact) mass is 406 g/mol. The molecule has 0 saturated heterocycles. The third-order valence-electron chi connectivity index (χ3n) is 5.99. The minimum absolute atomic E-state index is 0.382. The van der Waals surface area contributed by atoms with Crippen LogP contribution in [0.2, 0.25) is 0 Å². The van der Waals surface area contributed by atoms with Gasteiger partial charge in [0.25, 0.3) is 23.6 Å². The third kappa shape index (κ3) is 2.27. The summed E-state index contributed by atoms with van der Waals surface area (Å²) in [4.78, 5) is 54.7. The number of hydrogen-bond acceptors (Lipinski definition) is 4. The quantitative estimate of drug-likeness (QED) is 0.474. The molecule has 0 aliphatic carbocycles. The van der Waals surface area contributed by atoms with Crippen molar-refractivity contribution in [1.82, 2.24) is 9.80 Å². The van der Waals surface area contributed by atoms with Crippen LogP contribution in [0.4, 0.5) is 0 Å². The molecule has 0 aromatic heterocycles. The van der Waals surface area contributed by atoms with E-state index in [2.05, 4.69) is 0 Å². The molecule has 0 radical (unpaired) electrons. The Morgan fingerprint density at radius 3 is 1.03 bits per heavy atom. The van der Waals surface area contributed by atoms with E-state index in [4.69, 9.17) is 0 Å². The molecule has 6 rings (SSSR count). The van der Waals surface area contributed by atoms with E-state index in [-0.39, 0.29) is 0 Å². The van der Waals surface area contributed by atoms with Crippen molar-refractivity contribution in [3.63, 3.8) is 0 Å². The van der Waals surface area contributed by atoms with Crippen molar-refractivity contribution in [2.45, 2.75) is 0 Å². The third-order valence-corrected chi connectivity index (χ3v) is 5.99. The van der Waals surface area contributed by atoms with Gasteiger partial charge in [-0.3, -0.25) is 29.0 Å². The van der Waals surface area contributed by atoms with E-state index >= 15 is 0 Å². The van der Waals surface area contributed by atoms with Crippen LogP contribution in [0, 0.1) is 0 Å². The summed E-state index contributed by atoms with van der Waals surface area (Å²) in [5, 5.41) is 2.79. The van der Waals surface area contributed by atoms with Crippen LogP contribution in [0.3, 0.4) is 0 Å². The van der Waals surface area contributed by atoms with Crippen molar-refractivity contribution in [3.8, 4) is 0 Å². The number of benzene rings is 4. The van der Waals surface area contributed by atoms with E-state index in [1.807, 2.05) is 24.3 Å². The van der Waals surface area contributed by atoms with E-state index in [0.29, 0.717) is 33.0 Å². The summed E-state index contributed by atoms with van der Waals surface area (Å²) >= 11 is 0. The van der Waals surface area contributed by atoms with Gasteiger partial charge >= 0.3 is 0 Å². The Morgan fingerprint density at radius 1 is 0.452 bits per heavy atom. The lowest BCUT2D eigenvalue weighted by Gasteiger charge is -2.33. The molecule has 0 N–H and O–H groups in total. The first-order chi connectivity index (χ1) is 15.1. The highest BCUT2D eigenvalue weighted by molar-refractivity contribution is 6.27. The van der Waals surface area contributed by atoms with Gasteiger partial charge in [-0.1, -0.05) is 48.5 Å². The number of carbonyl (C=O) groups is 4. The molecule has 0 bridgehead atoms. The average Bonchev–Trinajstić information content (AvgIpc) is 2.80. The fourth-order valence-corrected chi connectivity index (χ4v) is 4.56. The van der Waals surface area contributed by atoms with Crippen LogP contribution >= 0.6 is 0 Å². The Kier molecular flexibility index (Phi) is 3.44. The van der Waals surface area contributed by atoms with Gasteiger partial charge in [0.2, 0.25) is 0 Å². The van der Waals surface area contributed by atoms with Gasteiger partial charge < -0.3 is 0 Å². The van der Waals surface area contributed by atoms with Gasteiger partial charge in [-0.2, -0.15) is 0 Å². The second-order valence-electron chi connectivity index (χ2n) is 7.64. The van der Waals surface area contributed by atoms with Gasteiger partial charge in [-0.15, -0.1) is 0 Å². The van der Waals surface area contributed by atoms with Crippen molar-refractivity contribution in [2.75, 3.05) is 6.67 Å². The Hall–Kier alpha value is -4.32. The molecule has 6 heteroatoms. The second-order valence-corrected chi connectivity index (χ2v) is 7.64. The molecule has 0 saturated carbocycles. The molecule has 4 aromatic carbocycles. The van der Waals surface area contributed by atoms with E-state index in [9.17, 15) is 19.2 Å². The predicted molar refractivity (Wildman–Crippen MR) is 114 cm³/mol. The van der Waals surface area contributed by atoms with Crippen molar-refractivity contribution in [1.29, 1.82) is 0 Å². The molecule has 148 valence electrons. The van der Waals surface area contributed by atoms with E-state index in [1.54, 1.807) is 48.5 Å². The molecule has 2 aliphatic heterocycles. The molecule has 0 atom stereocenters. The minimum Gasteiger partial charge on any atom is -0.269 e. The Balaban J connectivity index is 1.45. The van der Waals surface area contributed by atoms with Crippen molar-refractivity contribution in [2.24, 2.45) is 0 Å². The molecular weight excluding hydrogens is 392 g/mol. The summed E-state index contributed by atoms with van der Waals surface area (Å²) in [6.45, 7) is -0.440. The maximum Gasteiger partial charge on any atom is 0.262 e. The zero-order chi connectivity index (χ0) is 21.3. The highest BCUT2D eigenvalue weighted by atomic mass is 16.2. The van der Waals surface area contributed by atoms with E-state index in [0.717, 1.165) is 20.6 Å². The zero-order valence-electron chi connectivity index (χ0n) is 16.2. The first-order valence-corrected chi connectivity index (χ1v) is 9.82. The second kappa shape index (κ2) is 6.09. The average molecular weight is 406 g/mol. The largest absolute Gasteiger partial charge is 0.269 e. The van der Waals surface area contributed by atoms with E-state index in [1.165, 1.54) is 0 Å². The van der Waals surface area contributed by atoms with Gasteiger partial charge in [0.15, 0.2) is 0 Å². The molecule has 6 nitrogen and oxygen atoms in total.